The van der Waals surface area contributed by atoms with E-state index in [-0.39, 0.29) is 12.5 Å². The molecule has 3 aromatic carbocycles. The highest BCUT2D eigenvalue weighted by Crippen LogP contribution is 2.35. The molecule has 3 rings (SSSR count). The fourth-order valence-corrected chi connectivity index (χ4v) is 3.38. The Balaban J connectivity index is 1.53. The van der Waals surface area contributed by atoms with Crippen molar-refractivity contribution in [3.8, 4) is 23.0 Å². The lowest BCUT2D eigenvalue weighted by molar-refractivity contribution is -0.136. The van der Waals surface area contributed by atoms with Crippen LogP contribution in [0.1, 0.15) is 25.3 Å². The van der Waals surface area contributed by atoms with Crippen molar-refractivity contribution < 1.29 is 24.1 Å². The van der Waals surface area contributed by atoms with Crippen molar-refractivity contribution in [3.05, 3.63) is 82.3 Å². The van der Waals surface area contributed by atoms with Crippen LogP contribution in [0.5, 0.6) is 23.0 Å². The first-order valence-electron chi connectivity index (χ1n) is 10.2. The lowest BCUT2D eigenvalue weighted by Gasteiger charge is -2.18. The second-order valence-electron chi connectivity index (χ2n) is 7.22. The van der Waals surface area contributed by atoms with Crippen LogP contribution in [-0.2, 0) is 11.2 Å². The van der Waals surface area contributed by atoms with Crippen molar-refractivity contribution in [3.63, 3.8) is 0 Å². The van der Waals surface area contributed by atoms with E-state index < -0.39 is 5.97 Å². The lowest BCUT2D eigenvalue weighted by atomic mass is 10.1. The summed E-state index contributed by atoms with van der Waals surface area (Å²) in [4.78, 5) is 10.7. The highest BCUT2D eigenvalue weighted by Gasteiger charge is 2.12. The lowest BCUT2D eigenvalue weighted by Crippen LogP contribution is -2.16. The van der Waals surface area contributed by atoms with E-state index >= 15 is 0 Å². The molecule has 1 N–H and O–H groups in total. The smallest absolute Gasteiger partial charge is 0.303 e. The molecule has 1 atom stereocenters. The van der Waals surface area contributed by atoms with Gasteiger partial charge >= 0.3 is 5.97 Å². The van der Waals surface area contributed by atoms with Gasteiger partial charge in [0.15, 0.2) is 11.5 Å². The second kappa shape index (κ2) is 11.7. The first-order valence-corrected chi connectivity index (χ1v) is 11.0. The Morgan fingerprint density at radius 1 is 0.969 bits per heavy atom. The fraction of sp³-hybridized carbons (Fsp3) is 0.240. The summed E-state index contributed by atoms with van der Waals surface area (Å²) in [5, 5.41) is 9.86. The van der Waals surface area contributed by atoms with Gasteiger partial charge in [-0.25, -0.2) is 0 Å². The molecule has 1 unspecified atom stereocenters. The van der Waals surface area contributed by atoms with Crippen molar-refractivity contribution in [2.45, 2.75) is 32.3 Å². The number of rotatable bonds is 11. The van der Waals surface area contributed by atoms with Gasteiger partial charge in [0.2, 0.25) is 0 Å². The molecule has 168 valence electrons. The Bertz CT molecular complexity index is 1040. The van der Waals surface area contributed by atoms with Gasteiger partial charge in [0.05, 0.1) is 12.7 Å². The van der Waals surface area contributed by atoms with Crippen LogP contribution in [0, 0.1) is 0 Å². The third-order valence-electron chi connectivity index (χ3n) is 4.63. The van der Waals surface area contributed by atoms with Gasteiger partial charge < -0.3 is 19.3 Å². The van der Waals surface area contributed by atoms with Crippen molar-refractivity contribution in [1.82, 2.24) is 0 Å². The number of hydrogen-bond acceptors (Lipinski definition) is 4. The number of aliphatic carboxylic acids is 1. The maximum atomic E-state index is 10.7. The van der Waals surface area contributed by atoms with E-state index in [0.29, 0.717) is 52.5 Å². The number of halogens is 2. The summed E-state index contributed by atoms with van der Waals surface area (Å²) in [5.74, 6) is 1.60. The van der Waals surface area contributed by atoms with E-state index in [1.54, 1.807) is 36.4 Å². The highest BCUT2D eigenvalue weighted by molar-refractivity contribution is 6.31. The molecular weight excluding hydrogens is 451 g/mol. The van der Waals surface area contributed by atoms with Crippen molar-refractivity contribution in [2.75, 3.05) is 6.61 Å². The number of aryl methyl sites for hydroxylation is 1. The molecule has 0 radical (unpaired) electrons. The first kappa shape index (κ1) is 23.8. The van der Waals surface area contributed by atoms with Crippen LogP contribution < -0.4 is 14.2 Å². The molecule has 0 aliphatic carbocycles. The summed E-state index contributed by atoms with van der Waals surface area (Å²) in [6.45, 7) is 2.38. The van der Waals surface area contributed by atoms with Crippen LogP contribution in [0.2, 0.25) is 10.0 Å². The van der Waals surface area contributed by atoms with Crippen LogP contribution in [0.3, 0.4) is 0 Å². The van der Waals surface area contributed by atoms with Gasteiger partial charge in [-0.2, -0.15) is 0 Å². The minimum absolute atomic E-state index is 0.0372. The second-order valence-corrected chi connectivity index (χ2v) is 8.06. The highest BCUT2D eigenvalue weighted by atomic mass is 35.5. The van der Waals surface area contributed by atoms with E-state index in [1.807, 2.05) is 37.3 Å². The van der Waals surface area contributed by atoms with Gasteiger partial charge in [-0.05, 0) is 55.3 Å². The predicted octanol–water partition coefficient (Wildman–Crippen LogP) is 7.04. The van der Waals surface area contributed by atoms with Crippen molar-refractivity contribution >= 4 is 29.2 Å². The quantitative estimate of drug-likeness (QED) is 0.322. The molecule has 0 spiro atoms. The maximum absolute atomic E-state index is 10.7. The molecule has 0 fully saturated rings. The zero-order chi connectivity index (χ0) is 22.9. The summed E-state index contributed by atoms with van der Waals surface area (Å²) >= 11 is 12.4. The van der Waals surface area contributed by atoms with Gasteiger partial charge in [0.25, 0.3) is 0 Å². The third kappa shape index (κ3) is 7.36. The molecule has 0 aromatic heterocycles. The molecule has 0 aliphatic heterocycles. The Labute approximate surface area is 197 Å². The van der Waals surface area contributed by atoms with Gasteiger partial charge in [-0.3, -0.25) is 4.79 Å². The van der Waals surface area contributed by atoms with Crippen LogP contribution in [0.25, 0.3) is 0 Å². The normalized spacial score (nSPS) is 11.6. The van der Waals surface area contributed by atoms with Crippen LogP contribution in [-0.4, -0.2) is 23.8 Å². The first-order chi connectivity index (χ1) is 15.4. The summed E-state index contributed by atoms with van der Waals surface area (Å²) in [5.41, 5.74) is 0.784. The number of carboxylic acid groups (broad SMARTS) is 1. The van der Waals surface area contributed by atoms with Gasteiger partial charge in [0, 0.05) is 29.0 Å². The third-order valence-corrected chi connectivity index (χ3v) is 5.22. The Hall–Kier alpha value is -2.89. The number of carboxylic acids is 1. The van der Waals surface area contributed by atoms with E-state index in [4.69, 9.17) is 42.5 Å². The van der Waals surface area contributed by atoms with Crippen molar-refractivity contribution in [1.29, 1.82) is 0 Å². The molecule has 3 aromatic rings. The Morgan fingerprint density at radius 3 is 2.47 bits per heavy atom. The van der Waals surface area contributed by atoms with E-state index in [0.717, 1.165) is 5.56 Å². The predicted molar refractivity (Wildman–Crippen MR) is 126 cm³/mol. The minimum Gasteiger partial charge on any atom is -0.493 e. The monoisotopic (exact) mass is 474 g/mol. The SMILES string of the molecule is CC(CCOc1ccc(CCC(=O)O)c(Cl)c1)Oc1ccc(Cl)cc1Oc1ccccc1. The molecule has 0 amide bonds. The summed E-state index contributed by atoms with van der Waals surface area (Å²) < 4.78 is 17.8. The molecular formula is C25H24Cl2O5. The molecule has 0 saturated heterocycles. The van der Waals surface area contributed by atoms with Crippen LogP contribution in [0.15, 0.2) is 66.7 Å². The molecule has 32 heavy (non-hydrogen) atoms. The number of benzene rings is 3. The fourth-order valence-electron chi connectivity index (χ4n) is 2.96. The maximum Gasteiger partial charge on any atom is 0.303 e. The number of para-hydroxylation sites is 1. The zero-order valence-electron chi connectivity index (χ0n) is 17.6. The summed E-state index contributed by atoms with van der Waals surface area (Å²) in [6.07, 6.45) is 0.911. The van der Waals surface area contributed by atoms with E-state index in [1.165, 1.54) is 0 Å². The largest absolute Gasteiger partial charge is 0.493 e. The zero-order valence-corrected chi connectivity index (χ0v) is 19.1. The van der Waals surface area contributed by atoms with Gasteiger partial charge in [-0.1, -0.05) is 47.5 Å². The molecule has 0 saturated carbocycles. The van der Waals surface area contributed by atoms with E-state index in [2.05, 4.69) is 0 Å². The average molecular weight is 475 g/mol. The molecule has 0 bridgehead atoms. The molecule has 7 heteroatoms. The minimum atomic E-state index is -0.853. The van der Waals surface area contributed by atoms with Crippen LogP contribution >= 0.6 is 23.2 Å². The number of ether oxygens (including phenoxy) is 3. The van der Waals surface area contributed by atoms with E-state index in [9.17, 15) is 4.79 Å². The average Bonchev–Trinajstić information content (AvgIpc) is 2.76. The molecule has 5 nitrogen and oxygen atoms in total. The van der Waals surface area contributed by atoms with Gasteiger partial charge in [-0.15, -0.1) is 0 Å². The summed E-state index contributed by atoms with van der Waals surface area (Å²) in [6, 6.07) is 20.0. The molecule has 0 aliphatic rings. The molecule has 0 heterocycles. The van der Waals surface area contributed by atoms with Crippen LogP contribution in [0.4, 0.5) is 0 Å². The summed E-state index contributed by atoms with van der Waals surface area (Å²) in [7, 11) is 0. The van der Waals surface area contributed by atoms with Crippen molar-refractivity contribution in [2.24, 2.45) is 0 Å². The standard InChI is InChI=1S/C25H24Cl2O5/c1-17(13-14-30-21-10-7-18(22(27)16-21)8-12-25(28)29)31-23-11-9-19(26)15-24(23)32-20-5-3-2-4-6-20/h2-7,9-11,15-17H,8,12-14H2,1H3,(H,28,29). The topological polar surface area (TPSA) is 65.0 Å². The Kier molecular flexibility index (Phi) is 8.65. The number of carbonyl (C=O) groups is 1. The number of hydrogen-bond donors (Lipinski definition) is 1. The van der Waals surface area contributed by atoms with Gasteiger partial charge in [0.1, 0.15) is 11.5 Å². The Morgan fingerprint density at radius 2 is 1.75 bits per heavy atom.